The Balaban J connectivity index is 2.40. The zero-order valence-corrected chi connectivity index (χ0v) is 8.34. The van der Waals surface area contributed by atoms with E-state index in [1.807, 2.05) is 24.3 Å². The highest BCUT2D eigenvalue weighted by Gasteiger charge is 1.94. The summed E-state index contributed by atoms with van der Waals surface area (Å²) in [6.45, 7) is 0.774. The molecule has 0 atom stereocenters. The van der Waals surface area contributed by atoms with Gasteiger partial charge in [0.1, 0.15) is 0 Å². The van der Waals surface area contributed by atoms with Crippen molar-refractivity contribution in [2.24, 2.45) is 0 Å². The van der Waals surface area contributed by atoms with Gasteiger partial charge in [-0.05, 0) is 11.1 Å². The molecule has 4 heteroatoms. The fourth-order valence-corrected chi connectivity index (χ4v) is 1.17. The van der Waals surface area contributed by atoms with Crippen molar-refractivity contribution in [3.8, 4) is 0 Å². The van der Waals surface area contributed by atoms with Crippen LogP contribution in [0, 0.1) is 0 Å². The average Bonchev–Trinajstić information content (AvgIpc) is 2.19. The van der Waals surface area contributed by atoms with Crippen molar-refractivity contribution in [2.75, 3.05) is 7.11 Å². The molecule has 1 radical (unpaired) electrons. The van der Waals surface area contributed by atoms with Gasteiger partial charge in [0.2, 0.25) is 0 Å². The molecule has 0 saturated heterocycles. The van der Waals surface area contributed by atoms with Gasteiger partial charge in [-0.1, -0.05) is 24.3 Å². The van der Waals surface area contributed by atoms with Gasteiger partial charge in [-0.2, -0.15) is 0 Å². The first-order valence-electron chi connectivity index (χ1n) is 4.08. The fourth-order valence-electron chi connectivity index (χ4n) is 0.989. The minimum absolute atomic E-state index is 0.567. The molecular weight excluding hydrogens is 184 g/mol. The van der Waals surface area contributed by atoms with Gasteiger partial charge in [0, 0.05) is 19.5 Å². The van der Waals surface area contributed by atoms with Gasteiger partial charge in [-0.15, -0.1) is 11.6 Å². The van der Waals surface area contributed by atoms with E-state index in [4.69, 9.17) is 16.3 Å². The van der Waals surface area contributed by atoms with Crippen molar-refractivity contribution in [3.05, 3.63) is 35.4 Å². The third-order valence-electron chi connectivity index (χ3n) is 1.68. The van der Waals surface area contributed by atoms with E-state index < -0.39 is 0 Å². The number of benzene rings is 1. The summed E-state index contributed by atoms with van der Waals surface area (Å²) in [5, 5.41) is 3.01. The highest BCUT2D eigenvalue weighted by Crippen LogP contribution is 2.06. The Morgan fingerprint density at radius 2 is 1.92 bits per heavy atom. The standard InChI is InChI=1S/C9H12BClNO/c1-13-10-12-7-9-4-2-8(6-11)3-5-9/h2-5,12H,6-7H2,1H3. The predicted molar refractivity (Wildman–Crippen MR) is 55.6 cm³/mol. The third kappa shape index (κ3) is 3.81. The maximum atomic E-state index is 5.66. The van der Waals surface area contributed by atoms with E-state index in [1.165, 1.54) is 5.56 Å². The number of halogens is 1. The first kappa shape index (κ1) is 10.6. The van der Waals surface area contributed by atoms with Gasteiger partial charge < -0.3 is 9.88 Å². The van der Waals surface area contributed by atoms with Crippen LogP contribution in [0.25, 0.3) is 0 Å². The van der Waals surface area contributed by atoms with E-state index in [0.717, 1.165) is 12.1 Å². The minimum atomic E-state index is 0.567. The Hall–Kier alpha value is -0.505. The van der Waals surface area contributed by atoms with Crippen LogP contribution in [0.4, 0.5) is 0 Å². The van der Waals surface area contributed by atoms with Gasteiger partial charge in [-0.3, -0.25) is 0 Å². The number of alkyl halides is 1. The Kier molecular flexibility index (Phi) is 4.90. The van der Waals surface area contributed by atoms with Crippen LogP contribution in [0.1, 0.15) is 11.1 Å². The smallest absolute Gasteiger partial charge is 0.395 e. The molecule has 1 aromatic rings. The van der Waals surface area contributed by atoms with Gasteiger partial charge in [0.05, 0.1) is 0 Å². The summed E-state index contributed by atoms with van der Waals surface area (Å²) in [6.07, 6.45) is 0. The second-order valence-electron chi connectivity index (χ2n) is 2.68. The lowest BCUT2D eigenvalue weighted by atomic mass is 10.1. The van der Waals surface area contributed by atoms with E-state index in [0.29, 0.717) is 5.88 Å². The molecule has 0 spiro atoms. The van der Waals surface area contributed by atoms with Gasteiger partial charge >= 0.3 is 7.62 Å². The Morgan fingerprint density at radius 3 is 2.46 bits per heavy atom. The molecule has 0 aliphatic carbocycles. The second kappa shape index (κ2) is 6.03. The Morgan fingerprint density at radius 1 is 1.31 bits per heavy atom. The van der Waals surface area contributed by atoms with Crippen molar-refractivity contribution >= 4 is 19.2 Å². The molecule has 1 rings (SSSR count). The van der Waals surface area contributed by atoms with Crippen LogP contribution >= 0.6 is 11.6 Å². The van der Waals surface area contributed by atoms with Crippen molar-refractivity contribution in [3.63, 3.8) is 0 Å². The largest absolute Gasteiger partial charge is 0.427 e. The normalized spacial score (nSPS) is 10.0. The van der Waals surface area contributed by atoms with E-state index in [-0.39, 0.29) is 0 Å². The molecule has 69 valence electrons. The molecule has 0 aliphatic rings. The summed E-state index contributed by atoms with van der Waals surface area (Å²) in [6, 6.07) is 8.15. The molecule has 1 N–H and O–H groups in total. The Bertz CT molecular complexity index is 240. The van der Waals surface area contributed by atoms with Crippen LogP contribution in [0.15, 0.2) is 24.3 Å². The zero-order chi connectivity index (χ0) is 9.52. The van der Waals surface area contributed by atoms with Crippen LogP contribution < -0.4 is 5.23 Å². The molecule has 0 fully saturated rings. The summed E-state index contributed by atoms with van der Waals surface area (Å²) in [4.78, 5) is 0. The molecule has 13 heavy (non-hydrogen) atoms. The highest BCUT2D eigenvalue weighted by molar-refractivity contribution is 6.23. The molecule has 2 nitrogen and oxygen atoms in total. The molecule has 0 unspecified atom stereocenters. The van der Waals surface area contributed by atoms with Gasteiger partial charge in [0.15, 0.2) is 0 Å². The van der Waals surface area contributed by atoms with Crippen molar-refractivity contribution < 1.29 is 4.65 Å². The number of rotatable bonds is 5. The number of nitrogens with one attached hydrogen (secondary N) is 1. The monoisotopic (exact) mass is 196 g/mol. The lowest BCUT2D eigenvalue weighted by Gasteiger charge is -2.02. The lowest BCUT2D eigenvalue weighted by Crippen LogP contribution is -2.19. The lowest BCUT2D eigenvalue weighted by molar-refractivity contribution is 0.430. The molecule has 0 saturated carbocycles. The molecule has 0 amide bonds. The van der Waals surface area contributed by atoms with Crippen LogP contribution in [0.3, 0.4) is 0 Å². The van der Waals surface area contributed by atoms with E-state index in [9.17, 15) is 0 Å². The third-order valence-corrected chi connectivity index (χ3v) is 1.99. The van der Waals surface area contributed by atoms with Gasteiger partial charge in [-0.25, -0.2) is 0 Å². The molecule has 0 aliphatic heterocycles. The topological polar surface area (TPSA) is 21.3 Å². The molecule has 0 heterocycles. The molecular formula is C9H12BClNO. The van der Waals surface area contributed by atoms with E-state index >= 15 is 0 Å². The van der Waals surface area contributed by atoms with Gasteiger partial charge in [0.25, 0.3) is 0 Å². The molecule has 1 aromatic carbocycles. The maximum absolute atomic E-state index is 5.66. The summed E-state index contributed by atoms with van der Waals surface area (Å²) in [7, 11) is 3.18. The van der Waals surface area contributed by atoms with Crippen LogP contribution in [-0.4, -0.2) is 14.7 Å². The average molecular weight is 196 g/mol. The maximum Gasteiger partial charge on any atom is 0.395 e. The van der Waals surface area contributed by atoms with Crippen LogP contribution in [0.2, 0.25) is 0 Å². The SMILES string of the molecule is CO[B]NCc1ccc(CCl)cc1. The first-order valence-corrected chi connectivity index (χ1v) is 4.62. The summed E-state index contributed by atoms with van der Waals surface area (Å²) in [5.41, 5.74) is 2.35. The summed E-state index contributed by atoms with van der Waals surface area (Å²) < 4.78 is 4.75. The van der Waals surface area contributed by atoms with Crippen molar-refractivity contribution in [1.82, 2.24) is 5.23 Å². The van der Waals surface area contributed by atoms with Crippen LogP contribution in [0.5, 0.6) is 0 Å². The predicted octanol–water partition coefficient (Wildman–Crippen LogP) is 1.70. The Labute approximate surface area is 84.5 Å². The number of hydrogen-bond donors (Lipinski definition) is 1. The van der Waals surface area contributed by atoms with Crippen molar-refractivity contribution in [1.29, 1.82) is 0 Å². The van der Waals surface area contributed by atoms with Crippen molar-refractivity contribution in [2.45, 2.75) is 12.4 Å². The quantitative estimate of drug-likeness (QED) is 0.440. The number of hydrogen-bond acceptors (Lipinski definition) is 2. The molecule has 0 bridgehead atoms. The molecule has 0 aromatic heterocycles. The summed E-state index contributed by atoms with van der Waals surface area (Å²) in [5.74, 6) is 0.567. The van der Waals surface area contributed by atoms with E-state index in [1.54, 1.807) is 14.7 Å². The minimum Gasteiger partial charge on any atom is -0.427 e. The first-order chi connectivity index (χ1) is 6.36. The second-order valence-corrected chi connectivity index (χ2v) is 2.95. The van der Waals surface area contributed by atoms with Crippen LogP contribution in [-0.2, 0) is 17.1 Å². The fraction of sp³-hybridized carbons (Fsp3) is 0.333. The summed E-state index contributed by atoms with van der Waals surface area (Å²) >= 11 is 5.66. The highest BCUT2D eigenvalue weighted by atomic mass is 35.5. The zero-order valence-electron chi connectivity index (χ0n) is 7.59. The van der Waals surface area contributed by atoms with E-state index in [2.05, 4.69) is 5.23 Å².